The smallest absolute Gasteiger partial charge is 0.129 e. The fraction of sp³-hybridized carbons (Fsp3) is 0.500. The maximum Gasteiger partial charge on any atom is 0.129 e. The van der Waals surface area contributed by atoms with Crippen LogP contribution in [-0.4, -0.2) is 11.0 Å². The first-order chi connectivity index (χ1) is 5.36. The molecule has 0 saturated heterocycles. The lowest BCUT2D eigenvalue weighted by Crippen LogP contribution is -1.82. The van der Waals surface area contributed by atoms with E-state index in [2.05, 4.69) is 0 Å². The Hall–Kier alpha value is -0.470. The van der Waals surface area contributed by atoms with E-state index in [0.29, 0.717) is 11.6 Å². The minimum atomic E-state index is -0.0269. The van der Waals surface area contributed by atoms with E-state index >= 15 is 0 Å². The topological polar surface area (TPSA) is 33.4 Å². The lowest BCUT2D eigenvalue weighted by molar-refractivity contribution is 0.243. The molecule has 0 amide bonds. The molecule has 2 nitrogen and oxygen atoms in total. The van der Waals surface area contributed by atoms with E-state index in [0.717, 1.165) is 18.6 Å². The second-order valence-corrected chi connectivity index (χ2v) is 2.70. The Morgan fingerprint density at radius 3 is 2.64 bits per heavy atom. The summed E-state index contributed by atoms with van der Waals surface area (Å²) in [7, 11) is 0. The highest BCUT2D eigenvalue weighted by Gasteiger charge is 1.99. The lowest BCUT2D eigenvalue weighted by Gasteiger charge is -1.91. The van der Waals surface area contributed by atoms with E-state index in [-0.39, 0.29) is 6.61 Å². The molecule has 62 valence electrons. The van der Waals surface area contributed by atoms with Crippen molar-refractivity contribution in [3.8, 4) is 0 Å². The van der Waals surface area contributed by atoms with Gasteiger partial charge in [-0.25, -0.2) is 0 Å². The number of aliphatic hydroxyl groups is 1. The Bertz CT molecular complexity index is 208. The zero-order valence-electron chi connectivity index (χ0n) is 6.22. The molecule has 1 aromatic rings. The van der Waals surface area contributed by atoms with Crippen LogP contribution in [0.3, 0.4) is 0 Å². The highest BCUT2D eigenvalue weighted by molar-refractivity contribution is 6.17. The summed E-state index contributed by atoms with van der Waals surface area (Å²) < 4.78 is 5.23. The summed E-state index contributed by atoms with van der Waals surface area (Å²) >= 11 is 5.50. The minimum absolute atomic E-state index is 0.0269. The van der Waals surface area contributed by atoms with Crippen LogP contribution in [0.25, 0.3) is 0 Å². The molecule has 0 aliphatic heterocycles. The maximum absolute atomic E-state index is 8.66. The molecule has 1 rings (SSSR count). The summed E-state index contributed by atoms with van der Waals surface area (Å²) in [4.78, 5) is 0. The second-order valence-electron chi connectivity index (χ2n) is 2.32. The van der Waals surface area contributed by atoms with Gasteiger partial charge in [0.1, 0.15) is 18.1 Å². The quantitative estimate of drug-likeness (QED) is 0.708. The average Bonchev–Trinajstić information content (AvgIpc) is 2.48. The van der Waals surface area contributed by atoms with Gasteiger partial charge in [-0.05, 0) is 18.6 Å². The number of aryl methyl sites for hydroxylation is 1. The number of aliphatic hydroxyl groups excluding tert-OH is 1. The molecule has 1 heterocycles. The molecule has 3 heteroatoms. The Labute approximate surface area is 70.8 Å². The van der Waals surface area contributed by atoms with Crippen LogP contribution < -0.4 is 0 Å². The molecule has 0 bridgehead atoms. The standard InChI is InChI=1S/C8H11ClO2/c9-5-1-2-7-3-4-8(6-10)11-7/h3-4,10H,1-2,5-6H2. The third-order valence-corrected chi connectivity index (χ3v) is 1.70. The van der Waals surface area contributed by atoms with Gasteiger partial charge in [-0.2, -0.15) is 0 Å². The highest BCUT2D eigenvalue weighted by Crippen LogP contribution is 2.09. The van der Waals surface area contributed by atoms with Crippen molar-refractivity contribution >= 4 is 11.6 Å². The summed E-state index contributed by atoms with van der Waals surface area (Å²) in [6, 6.07) is 3.65. The molecule has 0 aliphatic rings. The number of hydrogen-bond acceptors (Lipinski definition) is 2. The van der Waals surface area contributed by atoms with Crippen LogP contribution in [0.4, 0.5) is 0 Å². The van der Waals surface area contributed by atoms with Gasteiger partial charge in [-0.15, -0.1) is 11.6 Å². The maximum atomic E-state index is 8.66. The van der Waals surface area contributed by atoms with Crippen LogP contribution >= 0.6 is 11.6 Å². The SMILES string of the molecule is OCc1ccc(CCCCl)o1. The van der Waals surface area contributed by atoms with Gasteiger partial charge in [0, 0.05) is 12.3 Å². The molecule has 1 N–H and O–H groups in total. The van der Waals surface area contributed by atoms with E-state index < -0.39 is 0 Å². The van der Waals surface area contributed by atoms with Crippen LogP contribution in [0.1, 0.15) is 17.9 Å². The number of furan rings is 1. The molecule has 1 aromatic heterocycles. The van der Waals surface area contributed by atoms with E-state index in [9.17, 15) is 0 Å². The third kappa shape index (κ3) is 2.56. The van der Waals surface area contributed by atoms with Crippen LogP contribution in [0.5, 0.6) is 0 Å². The first kappa shape index (κ1) is 8.62. The van der Waals surface area contributed by atoms with Crippen molar-refractivity contribution in [1.82, 2.24) is 0 Å². The van der Waals surface area contributed by atoms with Crippen LogP contribution in [0.15, 0.2) is 16.5 Å². The zero-order chi connectivity index (χ0) is 8.10. The van der Waals surface area contributed by atoms with Crippen molar-refractivity contribution in [2.75, 3.05) is 5.88 Å². The number of hydrogen-bond donors (Lipinski definition) is 1. The summed E-state index contributed by atoms with van der Waals surface area (Å²) in [6.45, 7) is -0.0269. The lowest BCUT2D eigenvalue weighted by atomic mass is 10.3. The third-order valence-electron chi connectivity index (χ3n) is 1.43. The Kier molecular flexibility index (Phi) is 3.46. The molecule has 0 unspecified atom stereocenters. The van der Waals surface area contributed by atoms with Crippen LogP contribution in [0, 0.1) is 0 Å². The summed E-state index contributed by atoms with van der Waals surface area (Å²) in [5.41, 5.74) is 0. The molecule has 11 heavy (non-hydrogen) atoms. The summed E-state index contributed by atoms with van der Waals surface area (Å²) in [6.07, 6.45) is 1.77. The predicted octanol–water partition coefficient (Wildman–Crippen LogP) is 1.94. The monoisotopic (exact) mass is 174 g/mol. The Balaban J connectivity index is 2.44. The Morgan fingerprint density at radius 1 is 1.36 bits per heavy atom. The molecular formula is C8H11ClO2. The van der Waals surface area contributed by atoms with Crippen LogP contribution in [-0.2, 0) is 13.0 Å². The minimum Gasteiger partial charge on any atom is -0.464 e. The number of rotatable bonds is 4. The van der Waals surface area contributed by atoms with E-state index in [4.69, 9.17) is 21.1 Å². The van der Waals surface area contributed by atoms with Crippen molar-refractivity contribution in [3.05, 3.63) is 23.7 Å². The van der Waals surface area contributed by atoms with E-state index in [1.165, 1.54) is 0 Å². The van der Waals surface area contributed by atoms with Gasteiger partial charge < -0.3 is 9.52 Å². The molecule has 0 radical (unpaired) electrons. The average molecular weight is 175 g/mol. The molecule has 0 saturated carbocycles. The zero-order valence-corrected chi connectivity index (χ0v) is 6.97. The fourth-order valence-corrected chi connectivity index (χ4v) is 1.02. The van der Waals surface area contributed by atoms with Crippen molar-refractivity contribution in [2.24, 2.45) is 0 Å². The van der Waals surface area contributed by atoms with Gasteiger partial charge in [-0.1, -0.05) is 0 Å². The van der Waals surface area contributed by atoms with Gasteiger partial charge in [0.2, 0.25) is 0 Å². The molecular weight excluding hydrogens is 164 g/mol. The summed E-state index contributed by atoms with van der Waals surface area (Å²) in [5, 5.41) is 8.66. The molecule has 0 aromatic carbocycles. The first-order valence-corrected chi connectivity index (χ1v) is 4.14. The van der Waals surface area contributed by atoms with Gasteiger partial charge in [0.25, 0.3) is 0 Å². The van der Waals surface area contributed by atoms with Gasteiger partial charge in [-0.3, -0.25) is 0 Å². The number of alkyl halides is 1. The van der Waals surface area contributed by atoms with Crippen molar-refractivity contribution < 1.29 is 9.52 Å². The van der Waals surface area contributed by atoms with E-state index in [1.807, 2.05) is 6.07 Å². The van der Waals surface area contributed by atoms with Gasteiger partial charge in [0.05, 0.1) is 0 Å². The van der Waals surface area contributed by atoms with E-state index in [1.54, 1.807) is 6.07 Å². The Morgan fingerprint density at radius 2 is 2.09 bits per heavy atom. The molecule has 0 fully saturated rings. The largest absolute Gasteiger partial charge is 0.464 e. The second kappa shape index (κ2) is 4.42. The van der Waals surface area contributed by atoms with Crippen molar-refractivity contribution in [1.29, 1.82) is 0 Å². The fourth-order valence-electron chi connectivity index (χ4n) is 0.883. The molecule has 0 spiro atoms. The molecule has 0 atom stereocenters. The van der Waals surface area contributed by atoms with Crippen molar-refractivity contribution in [2.45, 2.75) is 19.4 Å². The number of halogens is 1. The van der Waals surface area contributed by atoms with Crippen molar-refractivity contribution in [3.63, 3.8) is 0 Å². The van der Waals surface area contributed by atoms with Crippen LogP contribution in [0.2, 0.25) is 0 Å². The molecule has 0 aliphatic carbocycles. The normalized spacial score (nSPS) is 10.4. The summed E-state index contributed by atoms with van der Waals surface area (Å²) in [5.74, 6) is 2.17. The first-order valence-electron chi connectivity index (χ1n) is 3.61. The highest BCUT2D eigenvalue weighted by atomic mass is 35.5. The predicted molar refractivity (Wildman–Crippen MR) is 43.7 cm³/mol. The van der Waals surface area contributed by atoms with Gasteiger partial charge in [0.15, 0.2) is 0 Å². The van der Waals surface area contributed by atoms with Gasteiger partial charge >= 0.3 is 0 Å².